The molecule has 1 aliphatic heterocycles. The van der Waals surface area contributed by atoms with Crippen LogP contribution >= 0.6 is 0 Å². The summed E-state index contributed by atoms with van der Waals surface area (Å²) < 4.78 is 0. The second kappa shape index (κ2) is 6.16. The minimum absolute atomic E-state index is 0.0595. The van der Waals surface area contributed by atoms with Gasteiger partial charge in [0.25, 0.3) is 0 Å². The lowest BCUT2D eigenvalue weighted by atomic mass is 9.79. The molecule has 4 nitrogen and oxygen atoms in total. The average molecular weight is 288 g/mol. The van der Waals surface area contributed by atoms with Crippen molar-refractivity contribution >= 4 is 5.97 Å². The SMILES string of the molecule is CN1CCN(OC(=O)C2(c3ccccc3)CCCC2)CC1. The van der Waals surface area contributed by atoms with Crippen LogP contribution in [0.3, 0.4) is 0 Å². The lowest BCUT2D eigenvalue weighted by Gasteiger charge is -2.34. The number of carbonyl (C=O) groups is 1. The first-order valence-electron chi connectivity index (χ1n) is 7.92. The molecule has 1 aliphatic carbocycles. The summed E-state index contributed by atoms with van der Waals surface area (Å²) in [5.41, 5.74) is 0.687. The maximum absolute atomic E-state index is 12.8. The topological polar surface area (TPSA) is 32.8 Å². The molecule has 2 fully saturated rings. The highest BCUT2D eigenvalue weighted by Crippen LogP contribution is 2.42. The summed E-state index contributed by atoms with van der Waals surface area (Å²) in [6.45, 7) is 3.50. The fourth-order valence-corrected chi connectivity index (χ4v) is 3.43. The van der Waals surface area contributed by atoms with E-state index >= 15 is 0 Å². The largest absolute Gasteiger partial charge is 0.367 e. The first-order valence-corrected chi connectivity index (χ1v) is 7.92. The molecule has 1 aromatic carbocycles. The van der Waals surface area contributed by atoms with Crippen molar-refractivity contribution in [3.63, 3.8) is 0 Å². The summed E-state index contributed by atoms with van der Waals surface area (Å²) in [6.07, 6.45) is 4.02. The molecule has 0 aromatic heterocycles. The van der Waals surface area contributed by atoms with Crippen molar-refractivity contribution < 1.29 is 9.63 Å². The number of piperazine rings is 1. The maximum Gasteiger partial charge on any atom is 0.335 e. The van der Waals surface area contributed by atoms with Crippen molar-refractivity contribution in [3.8, 4) is 0 Å². The first kappa shape index (κ1) is 14.5. The van der Waals surface area contributed by atoms with Crippen LogP contribution in [-0.2, 0) is 15.0 Å². The molecular formula is C17H24N2O2. The molecule has 0 radical (unpaired) electrons. The number of rotatable bonds is 3. The Morgan fingerprint density at radius 3 is 2.29 bits per heavy atom. The molecule has 2 aliphatic rings. The molecule has 1 saturated heterocycles. The van der Waals surface area contributed by atoms with E-state index in [4.69, 9.17) is 4.84 Å². The standard InChI is InChI=1S/C17H24N2O2/c1-18-11-13-19(14-12-18)21-16(20)17(9-5-6-10-17)15-7-3-2-4-8-15/h2-4,7-8H,5-6,9-14H2,1H3. The van der Waals surface area contributed by atoms with Gasteiger partial charge in [-0.2, -0.15) is 0 Å². The van der Waals surface area contributed by atoms with E-state index in [0.29, 0.717) is 0 Å². The highest BCUT2D eigenvalue weighted by Gasteiger charge is 2.45. The fourth-order valence-electron chi connectivity index (χ4n) is 3.43. The van der Waals surface area contributed by atoms with Gasteiger partial charge in [0.1, 0.15) is 0 Å². The Hall–Kier alpha value is -1.39. The number of likely N-dealkylation sites (N-methyl/N-ethyl adjacent to an activating group) is 1. The Morgan fingerprint density at radius 2 is 1.67 bits per heavy atom. The van der Waals surface area contributed by atoms with Gasteiger partial charge in [-0.05, 0) is 25.5 Å². The molecule has 21 heavy (non-hydrogen) atoms. The van der Waals surface area contributed by atoms with E-state index in [9.17, 15) is 4.79 Å². The quantitative estimate of drug-likeness (QED) is 0.853. The van der Waals surface area contributed by atoms with Crippen LogP contribution in [0.15, 0.2) is 30.3 Å². The molecule has 114 valence electrons. The van der Waals surface area contributed by atoms with E-state index in [-0.39, 0.29) is 5.97 Å². The number of hydrogen-bond acceptors (Lipinski definition) is 4. The van der Waals surface area contributed by atoms with Gasteiger partial charge in [-0.25, -0.2) is 4.79 Å². The lowest BCUT2D eigenvalue weighted by Crippen LogP contribution is -2.48. The predicted molar refractivity (Wildman–Crippen MR) is 81.8 cm³/mol. The fraction of sp³-hybridized carbons (Fsp3) is 0.588. The van der Waals surface area contributed by atoms with Gasteiger partial charge in [0.2, 0.25) is 0 Å². The van der Waals surface area contributed by atoms with Gasteiger partial charge in [0.15, 0.2) is 0 Å². The molecule has 1 aromatic rings. The Labute approximate surface area is 126 Å². The van der Waals surface area contributed by atoms with Gasteiger partial charge in [0, 0.05) is 26.2 Å². The van der Waals surface area contributed by atoms with Crippen LogP contribution in [0.5, 0.6) is 0 Å². The van der Waals surface area contributed by atoms with Crippen LogP contribution in [0, 0.1) is 0 Å². The summed E-state index contributed by atoms with van der Waals surface area (Å²) in [5, 5.41) is 1.84. The van der Waals surface area contributed by atoms with Gasteiger partial charge in [-0.15, -0.1) is 5.06 Å². The lowest BCUT2D eigenvalue weighted by molar-refractivity contribution is -0.204. The third-order valence-corrected chi connectivity index (χ3v) is 4.85. The number of benzene rings is 1. The van der Waals surface area contributed by atoms with E-state index in [0.717, 1.165) is 57.4 Å². The molecule has 0 spiro atoms. The second-order valence-electron chi connectivity index (χ2n) is 6.27. The van der Waals surface area contributed by atoms with Crippen LogP contribution in [-0.4, -0.2) is 49.2 Å². The van der Waals surface area contributed by atoms with Crippen molar-refractivity contribution in [1.29, 1.82) is 0 Å². The molecule has 1 heterocycles. The van der Waals surface area contributed by atoms with Gasteiger partial charge >= 0.3 is 5.97 Å². The smallest absolute Gasteiger partial charge is 0.335 e. The highest BCUT2D eigenvalue weighted by atomic mass is 16.7. The third-order valence-electron chi connectivity index (χ3n) is 4.85. The van der Waals surface area contributed by atoms with Gasteiger partial charge in [0.05, 0.1) is 5.41 Å². The van der Waals surface area contributed by atoms with Crippen LogP contribution in [0.25, 0.3) is 0 Å². The number of hydroxylamine groups is 2. The monoisotopic (exact) mass is 288 g/mol. The van der Waals surface area contributed by atoms with Crippen molar-refractivity contribution in [1.82, 2.24) is 9.96 Å². The van der Waals surface area contributed by atoms with E-state index in [2.05, 4.69) is 24.1 Å². The second-order valence-corrected chi connectivity index (χ2v) is 6.27. The number of hydrogen-bond donors (Lipinski definition) is 0. The normalized spacial score (nSPS) is 23.1. The number of nitrogens with zero attached hydrogens (tertiary/aromatic N) is 2. The van der Waals surface area contributed by atoms with Gasteiger partial charge in [-0.1, -0.05) is 43.2 Å². The van der Waals surface area contributed by atoms with Crippen molar-refractivity contribution in [3.05, 3.63) is 35.9 Å². The zero-order valence-electron chi connectivity index (χ0n) is 12.8. The van der Waals surface area contributed by atoms with E-state index < -0.39 is 5.41 Å². The van der Waals surface area contributed by atoms with Crippen molar-refractivity contribution in [2.24, 2.45) is 0 Å². The Balaban J connectivity index is 1.74. The summed E-state index contributed by atoms with van der Waals surface area (Å²) in [5.74, 6) is -0.0595. The van der Waals surface area contributed by atoms with E-state index in [1.807, 2.05) is 23.3 Å². The van der Waals surface area contributed by atoms with Crippen molar-refractivity contribution in [2.75, 3.05) is 33.2 Å². The Bertz CT molecular complexity index is 475. The van der Waals surface area contributed by atoms with Crippen LogP contribution in [0.2, 0.25) is 0 Å². The summed E-state index contributed by atoms with van der Waals surface area (Å²) in [4.78, 5) is 20.8. The molecule has 0 N–H and O–H groups in total. The zero-order chi connectivity index (χ0) is 14.7. The minimum Gasteiger partial charge on any atom is -0.367 e. The molecule has 3 rings (SSSR count). The van der Waals surface area contributed by atoms with E-state index in [1.165, 1.54) is 0 Å². The molecule has 4 heteroatoms. The predicted octanol–water partition coefficient (Wildman–Crippen LogP) is 2.20. The minimum atomic E-state index is -0.426. The summed E-state index contributed by atoms with van der Waals surface area (Å²) in [6, 6.07) is 10.2. The molecule has 0 unspecified atom stereocenters. The average Bonchev–Trinajstić information content (AvgIpc) is 3.01. The van der Waals surface area contributed by atoms with Crippen molar-refractivity contribution in [2.45, 2.75) is 31.1 Å². The highest BCUT2D eigenvalue weighted by molar-refractivity contribution is 5.83. The summed E-state index contributed by atoms with van der Waals surface area (Å²) in [7, 11) is 2.10. The first-order chi connectivity index (χ1) is 10.2. The Morgan fingerprint density at radius 1 is 1.05 bits per heavy atom. The van der Waals surface area contributed by atoms with Gasteiger partial charge in [-0.3, -0.25) is 0 Å². The molecule has 0 bridgehead atoms. The van der Waals surface area contributed by atoms with Crippen LogP contribution < -0.4 is 0 Å². The molecule has 0 amide bonds. The van der Waals surface area contributed by atoms with Crippen LogP contribution in [0.4, 0.5) is 0 Å². The molecule has 1 saturated carbocycles. The van der Waals surface area contributed by atoms with E-state index in [1.54, 1.807) is 0 Å². The molecule has 0 atom stereocenters. The zero-order valence-corrected chi connectivity index (χ0v) is 12.8. The summed E-state index contributed by atoms with van der Waals surface area (Å²) >= 11 is 0. The third kappa shape index (κ3) is 2.97. The van der Waals surface area contributed by atoms with Gasteiger partial charge < -0.3 is 9.74 Å². The maximum atomic E-state index is 12.8. The Kier molecular flexibility index (Phi) is 4.27. The van der Waals surface area contributed by atoms with Crippen LogP contribution in [0.1, 0.15) is 31.2 Å². The molecular weight excluding hydrogens is 264 g/mol. The number of carbonyl (C=O) groups excluding carboxylic acids is 1.